The van der Waals surface area contributed by atoms with E-state index in [1.165, 1.54) is 0 Å². The number of hydrogen-bond acceptors (Lipinski definition) is 7. The lowest BCUT2D eigenvalue weighted by molar-refractivity contribution is -0.136. The van der Waals surface area contributed by atoms with E-state index >= 15 is 0 Å². The van der Waals surface area contributed by atoms with Crippen LogP contribution in [0.1, 0.15) is 45.5 Å². The summed E-state index contributed by atoms with van der Waals surface area (Å²) in [5.74, 6) is -1.98. The second kappa shape index (κ2) is 8.02. The number of piperazine rings is 1. The van der Waals surface area contributed by atoms with Crippen molar-refractivity contribution in [2.75, 3.05) is 26.2 Å². The molecule has 0 bridgehead atoms. The smallest absolute Gasteiger partial charge is 0.262 e. The zero-order valence-electron chi connectivity index (χ0n) is 16.0. The Labute approximate surface area is 168 Å². The molecule has 3 N–H and O–H groups in total. The Morgan fingerprint density at radius 3 is 2.66 bits per heavy atom. The van der Waals surface area contributed by atoms with Crippen LogP contribution in [0.15, 0.2) is 18.2 Å². The number of amides is 4. The van der Waals surface area contributed by atoms with Gasteiger partial charge in [-0.2, -0.15) is 0 Å². The molecule has 1 aromatic rings. The first-order valence-corrected chi connectivity index (χ1v) is 9.89. The molecule has 4 rings (SSSR count). The van der Waals surface area contributed by atoms with Crippen molar-refractivity contribution < 1.29 is 24.3 Å². The molecule has 3 aliphatic heterocycles. The monoisotopic (exact) mass is 400 g/mol. The molecule has 0 saturated carbocycles. The van der Waals surface area contributed by atoms with Crippen molar-refractivity contribution in [3.8, 4) is 0 Å². The van der Waals surface area contributed by atoms with E-state index in [-0.39, 0.29) is 31.1 Å². The van der Waals surface area contributed by atoms with E-state index in [0.717, 1.165) is 30.1 Å². The number of carbonyl (C=O) groups excluding carboxylic acids is 4. The van der Waals surface area contributed by atoms with Crippen molar-refractivity contribution in [1.29, 1.82) is 0 Å². The summed E-state index contributed by atoms with van der Waals surface area (Å²) in [4.78, 5) is 52.5. The number of rotatable bonds is 5. The average molecular weight is 400 g/mol. The highest BCUT2D eigenvalue weighted by atomic mass is 16.3. The van der Waals surface area contributed by atoms with Crippen LogP contribution in [0.5, 0.6) is 0 Å². The third-order valence-electron chi connectivity index (χ3n) is 5.82. The molecule has 2 saturated heterocycles. The number of piperidine rings is 1. The largest absolute Gasteiger partial charge is 0.396 e. The SMILES string of the molecule is O=C1CCC(N2C(=O)c3ccc(CN4CCNCC4CCO)cc3C2=O)C(=O)N1. The van der Waals surface area contributed by atoms with E-state index in [9.17, 15) is 24.3 Å². The molecular formula is C20H24N4O5. The third-order valence-corrected chi connectivity index (χ3v) is 5.82. The van der Waals surface area contributed by atoms with Crippen LogP contribution in [0.25, 0.3) is 0 Å². The molecule has 2 unspecified atom stereocenters. The minimum Gasteiger partial charge on any atom is -0.396 e. The Morgan fingerprint density at radius 1 is 1.10 bits per heavy atom. The van der Waals surface area contributed by atoms with Gasteiger partial charge in [-0.15, -0.1) is 0 Å². The highest BCUT2D eigenvalue weighted by Crippen LogP contribution is 2.29. The molecule has 2 fully saturated rings. The zero-order valence-corrected chi connectivity index (χ0v) is 16.0. The molecule has 1 aromatic carbocycles. The standard InChI is InChI=1S/C20H24N4O5/c25-8-5-13-10-21-6-7-23(13)11-12-1-2-14-15(9-12)20(29)24(19(14)28)16-3-4-17(26)22-18(16)27/h1-2,9,13,16,21,25H,3-8,10-11H2,(H,22,26,27). The highest BCUT2D eigenvalue weighted by molar-refractivity contribution is 6.23. The number of aliphatic hydroxyl groups excluding tert-OH is 1. The van der Waals surface area contributed by atoms with Gasteiger partial charge < -0.3 is 10.4 Å². The number of aliphatic hydroxyl groups is 1. The summed E-state index contributed by atoms with van der Waals surface area (Å²) >= 11 is 0. The van der Waals surface area contributed by atoms with Gasteiger partial charge in [0.25, 0.3) is 11.8 Å². The van der Waals surface area contributed by atoms with Crippen LogP contribution in [0.4, 0.5) is 0 Å². The maximum absolute atomic E-state index is 12.9. The summed E-state index contributed by atoms with van der Waals surface area (Å²) in [6.07, 6.45) is 0.912. The molecule has 3 heterocycles. The van der Waals surface area contributed by atoms with Crippen molar-refractivity contribution in [1.82, 2.24) is 20.4 Å². The number of nitrogens with zero attached hydrogens (tertiary/aromatic N) is 2. The first-order valence-electron chi connectivity index (χ1n) is 9.89. The van der Waals surface area contributed by atoms with Crippen LogP contribution < -0.4 is 10.6 Å². The van der Waals surface area contributed by atoms with Crippen molar-refractivity contribution in [2.24, 2.45) is 0 Å². The Kier molecular flexibility index (Phi) is 5.44. The minimum absolute atomic E-state index is 0.101. The van der Waals surface area contributed by atoms with Crippen LogP contribution in [0, 0.1) is 0 Å². The van der Waals surface area contributed by atoms with Gasteiger partial charge in [-0.3, -0.25) is 34.3 Å². The molecule has 3 aliphatic rings. The van der Waals surface area contributed by atoms with Gasteiger partial charge in [-0.05, 0) is 30.5 Å². The first kappa shape index (κ1) is 19.7. The Balaban J connectivity index is 1.54. The molecule has 0 spiro atoms. The maximum atomic E-state index is 12.9. The van der Waals surface area contributed by atoms with Crippen LogP contribution in [-0.4, -0.2) is 76.9 Å². The van der Waals surface area contributed by atoms with Crippen molar-refractivity contribution in [2.45, 2.75) is 37.9 Å². The second-order valence-corrected chi connectivity index (χ2v) is 7.67. The average Bonchev–Trinajstić information content (AvgIpc) is 2.94. The molecule has 9 heteroatoms. The number of imide groups is 2. The summed E-state index contributed by atoms with van der Waals surface area (Å²) < 4.78 is 0. The molecule has 29 heavy (non-hydrogen) atoms. The van der Waals surface area contributed by atoms with Crippen LogP contribution in [0.2, 0.25) is 0 Å². The van der Waals surface area contributed by atoms with Crippen LogP contribution >= 0.6 is 0 Å². The fraction of sp³-hybridized carbons (Fsp3) is 0.500. The number of nitrogens with one attached hydrogen (secondary N) is 2. The van der Waals surface area contributed by atoms with Gasteiger partial charge in [0.15, 0.2) is 0 Å². The van der Waals surface area contributed by atoms with Crippen molar-refractivity contribution >= 4 is 23.6 Å². The Bertz CT molecular complexity index is 868. The molecule has 0 radical (unpaired) electrons. The highest BCUT2D eigenvalue weighted by Gasteiger charge is 2.44. The predicted octanol–water partition coefficient (Wildman–Crippen LogP) is -0.756. The fourth-order valence-corrected chi connectivity index (χ4v) is 4.30. The Hall–Kier alpha value is -2.62. The molecule has 0 aliphatic carbocycles. The summed E-state index contributed by atoms with van der Waals surface area (Å²) in [7, 11) is 0. The van der Waals surface area contributed by atoms with E-state index in [1.54, 1.807) is 12.1 Å². The van der Waals surface area contributed by atoms with Crippen LogP contribution in [-0.2, 0) is 16.1 Å². The van der Waals surface area contributed by atoms with E-state index in [2.05, 4.69) is 15.5 Å². The fourth-order valence-electron chi connectivity index (χ4n) is 4.30. The lowest BCUT2D eigenvalue weighted by Crippen LogP contribution is -2.54. The maximum Gasteiger partial charge on any atom is 0.262 e. The lowest BCUT2D eigenvalue weighted by atomic mass is 10.0. The van der Waals surface area contributed by atoms with E-state index < -0.39 is 29.7 Å². The van der Waals surface area contributed by atoms with Gasteiger partial charge in [0, 0.05) is 45.2 Å². The number of hydrogen-bond donors (Lipinski definition) is 3. The zero-order chi connectivity index (χ0) is 20.5. The number of benzene rings is 1. The summed E-state index contributed by atoms with van der Waals surface area (Å²) in [5.41, 5.74) is 1.49. The van der Waals surface area contributed by atoms with Gasteiger partial charge in [0.05, 0.1) is 11.1 Å². The predicted molar refractivity (Wildman–Crippen MR) is 102 cm³/mol. The minimum atomic E-state index is -0.953. The van der Waals surface area contributed by atoms with Gasteiger partial charge in [0.2, 0.25) is 11.8 Å². The first-order chi connectivity index (χ1) is 14.0. The molecule has 9 nitrogen and oxygen atoms in total. The van der Waals surface area contributed by atoms with Crippen molar-refractivity contribution in [3.05, 3.63) is 34.9 Å². The van der Waals surface area contributed by atoms with Gasteiger partial charge >= 0.3 is 0 Å². The number of carbonyl (C=O) groups is 4. The third kappa shape index (κ3) is 3.68. The van der Waals surface area contributed by atoms with Crippen LogP contribution in [0.3, 0.4) is 0 Å². The van der Waals surface area contributed by atoms with E-state index in [0.29, 0.717) is 18.5 Å². The molecule has 154 valence electrons. The molecule has 4 amide bonds. The summed E-state index contributed by atoms with van der Waals surface area (Å²) in [6, 6.07) is 4.44. The quantitative estimate of drug-likeness (QED) is 0.556. The second-order valence-electron chi connectivity index (χ2n) is 7.67. The number of fused-ring (bicyclic) bond motifs is 1. The van der Waals surface area contributed by atoms with Crippen molar-refractivity contribution in [3.63, 3.8) is 0 Å². The molecular weight excluding hydrogens is 376 g/mol. The topological polar surface area (TPSA) is 119 Å². The van der Waals surface area contributed by atoms with Gasteiger partial charge in [0.1, 0.15) is 6.04 Å². The molecule has 0 aromatic heterocycles. The molecule has 2 atom stereocenters. The summed E-state index contributed by atoms with van der Waals surface area (Å²) in [6.45, 7) is 3.21. The van der Waals surface area contributed by atoms with Gasteiger partial charge in [-0.25, -0.2) is 0 Å². The van der Waals surface area contributed by atoms with Gasteiger partial charge in [-0.1, -0.05) is 6.07 Å². The normalized spacial score (nSPS) is 25.3. The summed E-state index contributed by atoms with van der Waals surface area (Å²) in [5, 5.41) is 14.8. The van der Waals surface area contributed by atoms with E-state index in [1.807, 2.05) is 6.07 Å². The lowest BCUT2D eigenvalue weighted by Gasteiger charge is -2.36. The van der Waals surface area contributed by atoms with E-state index in [4.69, 9.17) is 0 Å². The Morgan fingerprint density at radius 2 is 1.90 bits per heavy atom.